The molecule has 0 saturated carbocycles. The van der Waals surface area contributed by atoms with E-state index in [1.165, 1.54) is 16.8 Å². The number of halogens is 1. The SMILES string of the molecule is N#Cc1cnn2c1n[n+]([O-])c1cc(Cl)ccc12. The first kappa shape index (κ1) is 9.81. The van der Waals surface area contributed by atoms with Crippen LogP contribution in [0.2, 0.25) is 5.02 Å². The fourth-order valence-electron chi connectivity index (χ4n) is 1.66. The van der Waals surface area contributed by atoms with Gasteiger partial charge in [0.1, 0.15) is 17.1 Å². The van der Waals surface area contributed by atoms with E-state index in [4.69, 9.17) is 16.9 Å². The monoisotopic (exact) mass is 245 g/mol. The number of rotatable bonds is 0. The van der Waals surface area contributed by atoms with Gasteiger partial charge in [0.2, 0.25) is 5.65 Å². The zero-order chi connectivity index (χ0) is 12.0. The molecule has 0 fully saturated rings. The Hall–Kier alpha value is -2.39. The van der Waals surface area contributed by atoms with Gasteiger partial charge in [0.25, 0.3) is 5.52 Å². The topological polar surface area (TPSA) is 80.9 Å². The first-order valence-corrected chi connectivity index (χ1v) is 5.05. The molecule has 82 valence electrons. The average Bonchev–Trinajstić information content (AvgIpc) is 2.72. The Morgan fingerprint density at radius 3 is 3.06 bits per heavy atom. The minimum absolute atomic E-state index is 0.234. The van der Waals surface area contributed by atoms with Gasteiger partial charge in [0, 0.05) is 16.2 Å². The molecule has 17 heavy (non-hydrogen) atoms. The van der Waals surface area contributed by atoms with E-state index in [0.717, 1.165) is 0 Å². The zero-order valence-corrected chi connectivity index (χ0v) is 9.09. The van der Waals surface area contributed by atoms with Crippen molar-refractivity contribution in [1.29, 1.82) is 5.26 Å². The van der Waals surface area contributed by atoms with E-state index in [0.29, 0.717) is 20.9 Å². The highest BCUT2D eigenvalue weighted by molar-refractivity contribution is 6.31. The molecule has 0 saturated heterocycles. The standard InChI is InChI=1S/C10H4ClN5O/c11-7-1-2-8-9(3-7)16(17)14-10-6(4-12)5-13-15(8)10/h1-3,5H. The summed E-state index contributed by atoms with van der Waals surface area (Å²) >= 11 is 5.81. The van der Waals surface area contributed by atoms with Crippen molar-refractivity contribution in [2.75, 3.05) is 0 Å². The van der Waals surface area contributed by atoms with Gasteiger partial charge < -0.3 is 5.21 Å². The predicted molar refractivity (Wildman–Crippen MR) is 59.2 cm³/mol. The van der Waals surface area contributed by atoms with Gasteiger partial charge in [-0.1, -0.05) is 11.6 Å². The van der Waals surface area contributed by atoms with Crippen LogP contribution < -0.4 is 4.85 Å². The van der Waals surface area contributed by atoms with E-state index >= 15 is 0 Å². The third-order valence-electron chi connectivity index (χ3n) is 2.42. The van der Waals surface area contributed by atoms with Crippen molar-refractivity contribution in [2.24, 2.45) is 0 Å². The van der Waals surface area contributed by atoms with E-state index < -0.39 is 0 Å². The maximum absolute atomic E-state index is 11.7. The van der Waals surface area contributed by atoms with Crippen LogP contribution in [0.3, 0.4) is 0 Å². The smallest absolute Gasteiger partial charge is 0.272 e. The van der Waals surface area contributed by atoms with Crippen LogP contribution in [0, 0.1) is 16.5 Å². The molecule has 1 aromatic carbocycles. The van der Waals surface area contributed by atoms with E-state index in [1.807, 2.05) is 6.07 Å². The molecule has 0 N–H and O–H groups in total. The molecule has 0 aliphatic carbocycles. The second kappa shape index (κ2) is 3.30. The van der Waals surface area contributed by atoms with Crippen LogP contribution in [-0.4, -0.2) is 14.7 Å². The summed E-state index contributed by atoms with van der Waals surface area (Å²) in [4.78, 5) is 0.444. The molecule has 0 spiro atoms. The predicted octanol–water partition coefficient (Wildman–Crippen LogP) is 1.04. The number of nitrogens with zero attached hydrogens (tertiary/aromatic N) is 5. The van der Waals surface area contributed by atoms with Crippen LogP contribution in [0.4, 0.5) is 0 Å². The lowest BCUT2D eigenvalue weighted by molar-refractivity contribution is -0.640. The molecule has 0 amide bonds. The molecule has 0 aliphatic rings. The summed E-state index contributed by atoms with van der Waals surface area (Å²) in [7, 11) is 0. The highest BCUT2D eigenvalue weighted by Gasteiger charge is 2.15. The number of aromatic nitrogens is 4. The number of hydrogen-bond acceptors (Lipinski definition) is 4. The summed E-state index contributed by atoms with van der Waals surface area (Å²) in [6, 6.07) is 6.74. The number of hydrogen-bond donors (Lipinski definition) is 0. The summed E-state index contributed by atoms with van der Waals surface area (Å²) in [5.74, 6) is 0. The summed E-state index contributed by atoms with van der Waals surface area (Å²) in [6.07, 6.45) is 1.37. The summed E-state index contributed by atoms with van der Waals surface area (Å²) in [5, 5.41) is 28.8. The van der Waals surface area contributed by atoms with Crippen molar-refractivity contribution in [1.82, 2.24) is 14.7 Å². The quantitative estimate of drug-likeness (QED) is 0.438. The fourth-order valence-corrected chi connectivity index (χ4v) is 1.83. The van der Waals surface area contributed by atoms with Crippen LogP contribution in [0.1, 0.15) is 5.56 Å². The highest BCUT2D eigenvalue weighted by Crippen LogP contribution is 2.17. The molecule has 2 aromatic heterocycles. The second-order valence-corrected chi connectivity index (χ2v) is 3.85. The Morgan fingerprint density at radius 2 is 2.29 bits per heavy atom. The van der Waals surface area contributed by atoms with Crippen molar-refractivity contribution in [2.45, 2.75) is 0 Å². The maximum Gasteiger partial charge on any atom is 0.272 e. The lowest BCUT2D eigenvalue weighted by Crippen LogP contribution is -2.33. The van der Waals surface area contributed by atoms with Crippen LogP contribution >= 0.6 is 11.6 Å². The van der Waals surface area contributed by atoms with Gasteiger partial charge in [-0.3, -0.25) is 0 Å². The van der Waals surface area contributed by atoms with E-state index in [1.54, 1.807) is 12.1 Å². The molecule has 0 radical (unpaired) electrons. The third-order valence-corrected chi connectivity index (χ3v) is 2.66. The van der Waals surface area contributed by atoms with Gasteiger partial charge >= 0.3 is 0 Å². The van der Waals surface area contributed by atoms with Gasteiger partial charge in [0.15, 0.2) is 0 Å². The minimum atomic E-state index is 0.234. The van der Waals surface area contributed by atoms with Crippen molar-refractivity contribution >= 4 is 28.3 Å². The van der Waals surface area contributed by atoms with Crippen molar-refractivity contribution in [3.63, 3.8) is 0 Å². The molecule has 3 rings (SSSR count). The Morgan fingerprint density at radius 1 is 1.47 bits per heavy atom. The summed E-state index contributed by atoms with van der Waals surface area (Å²) < 4.78 is 1.44. The molecule has 0 unspecified atom stereocenters. The summed E-state index contributed by atoms with van der Waals surface area (Å²) in [5.41, 5.74) is 1.34. The van der Waals surface area contributed by atoms with Crippen molar-refractivity contribution < 1.29 is 4.85 Å². The second-order valence-electron chi connectivity index (χ2n) is 3.41. The molecule has 0 atom stereocenters. The largest absolute Gasteiger partial charge is 0.594 e. The molecule has 2 heterocycles. The van der Waals surface area contributed by atoms with E-state index in [9.17, 15) is 5.21 Å². The molecule has 7 heteroatoms. The fraction of sp³-hybridized carbons (Fsp3) is 0. The van der Waals surface area contributed by atoms with Crippen molar-refractivity contribution in [3.8, 4) is 6.07 Å². The zero-order valence-electron chi connectivity index (χ0n) is 8.33. The Balaban J connectivity index is 2.57. The van der Waals surface area contributed by atoms with Crippen LogP contribution in [0.25, 0.3) is 16.7 Å². The van der Waals surface area contributed by atoms with Crippen LogP contribution in [0.15, 0.2) is 24.4 Å². The lowest BCUT2D eigenvalue weighted by Gasteiger charge is -2.01. The van der Waals surface area contributed by atoms with Gasteiger partial charge in [-0.05, 0) is 17.0 Å². The highest BCUT2D eigenvalue weighted by atomic mass is 35.5. The minimum Gasteiger partial charge on any atom is -0.594 e. The molecule has 0 aliphatic heterocycles. The number of benzene rings is 1. The first-order chi connectivity index (χ1) is 8.20. The van der Waals surface area contributed by atoms with Crippen LogP contribution in [-0.2, 0) is 0 Å². The van der Waals surface area contributed by atoms with Gasteiger partial charge in [-0.2, -0.15) is 10.4 Å². The number of fused-ring (bicyclic) bond motifs is 3. The van der Waals surface area contributed by atoms with Crippen LogP contribution in [0.5, 0.6) is 0 Å². The van der Waals surface area contributed by atoms with E-state index in [-0.39, 0.29) is 11.2 Å². The molecule has 3 aromatic rings. The summed E-state index contributed by atoms with van der Waals surface area (Å²) in [6.45, 7) is 0. The first-order valence-electron chi connectivity index (χ1n) is 4.67. The lowest BCUT2D eigenvalue weighted by atomic mass is 10.3. The Labute approximate surface area is 99.8 Å². The van der Waals surface area contributed by atoms with Gasteiger partial charge in [-0.25, -0.2) is 4.52 Å². The van der Waals surface area contributed by atoms with Gasteiger partial charge in [-0.15, -0.1) is 0 Å². The molecule has 6 nitrogen and oxygen atoms in total. The Bertz CT molecular complexity index is 789. The molecular weight excluding hydrogens is 242 g/mol. The van der Waals surface area contributed by atoms with E-state index in [2.05, 4.69) is 10.2 Å². The normalized spacial score (nSPS) is 10.8. The average molecular weight is 246 g/mol. The molecule has 0 bridgehead atoms. The van der Waals surface area contributed by atoms with Gasteiger partial charge in [0.05, 0.1) is 6.20 Å². The Kier molecular flexibility index (Phi) is 1.90. The maximum atomic E-state index is 11.7. The van der Waals surface area contributed by atoms with Crippen molar-refractivity contribution in [3.05, 3.63) is 40.2 Å². The third kappa shape index (κ3) is 1.30. The molecular formula is C10H4ClN5O. The number of nitriles is 1.